The van der Waals surface area contributed by atoms with E-state index >= 15 is 0 Å². The number of thioether (sulfide) groups is 1. The summed E-state index contributed by atoms with van der Waals surface area (Å²) in [4.78, 5) is 26.9. The predicted molar refractivity (Wildman–Crippen MR) is 97.5 cm³/mol. The third kappa shape index (κ3) is 4.04. The first-order chi connectivity index (χ1) is 11.6. The number of hydrogen-bond donors (Lipinski definition) is 2. The number of carbonyl (C=O) groups is 2. The van der Waals surface area contributed by atoms with Gasteiger partial charge in [0.1, 0.15) is 6.04 Å². The van der Waals surface area contributed by atoms with Crippen molar-refractivity contribution in [3.63, 3.8) is 0 Å². The third-order valence-electron chi connectivity index (χ3n) is 4.87. The molecule has 24 heavy (non-hydrogen) atoms. The van der Waals surface area contributed by atoms with Crippen molar-refractivity contribution >= 4 is 29.3 Å². The van der Waals surface area contributed by atoms with Crippen LogP contribution in [0.4, 0.5) is 5.69 Å². The molecular formula is C18H25N3O2S. The van der Waals surface area contributed by atoms with Crippen molar-refractivity contribution in [3.05, 3.63) is 29.8 Å². The van der Waals surface area contributed by atoms with Gasteiger partial charge in [0.05, 0.1) is 5.88 Å². The molecule has 1 saturated heterocycles. The van der Waals surface area contributed by atoms with Gasteiger partial charge >= 0.3 is 0 Å². The van der Waals surface area contributed by atoms with Gasteiger partial charge in [0.15, 0.2) is 0 Å². The Balaban J connectivity index is 1.49. The van der Waals surface area contributed by atoms with Crippen LogP contribution in [0.5, 0.6) is 0 Å². The Morgan fingerprint density at radius 3 is 2.62 bits per heavy atom. The zero-order chi connectivity index (χ0) is 16.9. The number of carbonyl (C=O) groups excluding carboxylic acids is 2. The summed E-state index contributed by atoms with van der Waals surface area (Å²) in [5.74, 6) is 1.63. The molecule has 2 aliphatic rings. The number of nitrogen functional groups attached to an aromatic ring is 1. The first kappa shape index (κ1) is 17.1. The maximum Gasteiger partial charge on any atom is 0.243 e. The van der Waals surface area contributed by atoms with Crippen molar-refractivity contribution in [2.75, 3.05) is 23.9 Å². The van der Waals surface area contributed by atoms with Gasteiger partial charge in [0.2, 0.25) is 11.8 Å². The third-order valence-corrected chi connectivity index (χ3v) is 5.88. The maximum atomic E-state index is 12.6. The Morgan fingerprint density at radius 1 is 1.21 bits per heavy atom. The SMILES string of the molecule is Nc1ccc(CCNC(=O)C2CSCN2C(=O)C2CCCC2)cc1. The molecule has 6 heteroatoms. The van der Waals surface area contributed by atoms with E-state index in [0.717, 1.165) is 43.4 Å². The predicted octanol–water partition coefficient (Wildman–Crippen LogP) is 2.02. The lowest BCUT2D eigenvalue weighted by Crippen LogP contribution is -2.49. The molecule has 0 bridgehead atoms. The molecule has 1 unspecified atom stereocenters. The van der Waals surface area contributed by atoms with Gasteiger partial charge in [-0.1, -0.05) is 25.0 Å². The molecular weight excluding hydrogens is 322 g/mol. The van der Waals surface area contributed by atoms with Crippen molar-refractivity contribution in [2.24, 2.45) is 5.92 Å². The zero-order valence-corrected chi connectivity index (χ0v) is 14.7. The van der Waals surface area contributed by atoms with E-state index in [9.17, 15) is 9.59 Å². The van der Waals surface area contributed by atoms with Crippen LogP contribution in [0, 0.1) is 5.92 Å². The fourth-order valence-electron chi connectivity index (χ4n) is 3.42. The Morgan fingerprint density at radius 2 is 1.92 bits per heavy atom. The molecule has 0 radical (unpaired) electrons. The number of amides is 2. The van der Waals surface area contributed by atoms with Crippen molar-refractivity contribution in [1.82, 2.24) is 10.2 Å². The molecule has 2 amide bonds. The van der Waals surface area contributed by atoms with E-state index in [-0.39, 0.29) is 23.8 Å². The highest BCUT2D eigenvalue weighted by molar-refractivity contribution is 7.99. The lowest BCUT2D eigenvalue weighted by atomic mass is 10.1. The Kier molecular flexibility index (Phi) is 5.66. The quantitative estimate of drug-likeness (QED) is 0.799. The Hall–Kier alpha value is -1.69. The van der Waals surface area contributed by atoms with Crippen LogP contribution in [0.2, 0.25) is 0 Å². The van der Waals surface area contributed by atoms with E-state index in [1.54, 1.807) is 16.7 Å². The highest BCUT2D eigenvalue weighted by Crippen LogP contribution is 2.30. The van der Waals surface area contributed by atoms with Crippen LogP contribution in [-0.2, 0) is 16.0 Å². The minimum absolute atomic E-state index is 0.0261. The van der Waals surface area contributed by atoms with Crippen LogP contribution in [0.3, 0.4) is 0 Å². The molecule has 1 aliphatic carbocycles. The van der Waals surface area contributed by atoms with Gasteiger partial charge in [-0.15, -0.1) is 11.8 Å². The van der Waals surface area contributed by atoms with E-state index in [1.165, 1.54) is 0 Å². The number of benzene rings is 1. The van der Waals surface area contributed by atoms with Crippen molar-refractivity contribution in [1.29, 1.82) is 0 Å². The van der Waals surface area contributed by atoms with Gasteiger partial charge in [0, 0.05) is 23.9 Å². The van der Waals surface area contributed by atoms with Crippen LogP contribution in [0.15, 0.2) is 24.3 Å². The molecule has 2 fully saturated rings. The monoisotopic (exact) mass is 347 g/mol. The second-order valence-electron chi connectivity index (χ2n) is 6.59. The van der Waals surface area contributed by atoms with Gasteiger partial charge in [-0.2, -0.15) is 0 Å². The first-order valence-electron chi connectivity index (χ1n) is 8.65. The van der Waals surface area contributed by atoms with E-state index in [4.69, 9.17) is 5.73 Å². The normalized spacial score (nSPS) is 21.2. The van der Waals surface area contributed by atoms with Gasteiger partial charge < -0.3 is 16.0 Å². The standard InChI is InChI=1S/C18H25N3O2S/c19-15-7-5-13(6-8-15)9-10-20-17(22)16-11-24-12-21(16)18(23)14-3-1-2-4-14/h5-8,14,16H,1-4,9-12,19H2,(H,20,22). The molecule has 1 aromatic rings. The number of hydrogen-bond acceptors (Lipinski definition) is 4. The molecule has 3 rings (SSSR count). The Labute approximate surface area is 147 Å². The van der Waals surface area contributed by atoms with Crippen LogP contribution < -0.4 is 11.1 Å². The van der Waals surface area contributed by atoms with Crippen LogP contribution in [0.25, 0.3) is 0 Å². The molecule has 130 valence electrons. The summed E-state index contributed by atoms with van der Waals surface area (Å²) in [6, 6.07) is 7.38. The zero-order valence-electron chi connectivity index (χ0n) is 13.9. The van der Waals surface area contributed by atoms with E-state index < -0.39 is 0 Å². The second-order valence-corrected chi connectivity index (χ2v) is 7.59. The summed E-state index contributed by atoms with van der Waals surface area (Å²) < 4.78 is 0. The topological polar surface area (TPSA) is 75.4 Å². The molecule has 3 N–H and O–H groups in total. The minimum Gasteiger partial charge on any atom is -0.399 e. The second kappa shape index (κ2) is 7.92. The summed E-state index contributed by atoms with van der Waals surface area (Å²) in [6.45, 7) is 0.579. The van der Waals surface area contributed by atoms with Crippen LogP contribution in [-0.4, -0.2) is 40.9 Å². The van der Waals surface area contributed by atoms with Crippen LogP contribution in [0.1, 0.15) is 31.2 Å². The Bertz CT molecular complexity index is 584. The number of rotatable bonds is 5. The average Bonchev–Trinajstić information content (AvgIpc) is 3.27. The smallest absolute Gasteiger partial charge is 0.243 e. The lowest BCUT2D eigenvalue weighted by Gasteiger charge is -2.25. The molecule has 0 aromatic heterocycles. The van der Waals surface area contributed by atoms with E-state index in [2.05, 4.69) is 5.32 Å². The summed E-state index contributed by atoms with van der Waals surface area (Å²) >= 11 is 1.67. The summed E-state index contributed by atoms with van der Waals surface area (Å²) in [5, 5.41) is 2.99. The van der Waals surface area contributed by atoms with Gasteiger partial charge in [0.25, 0.3) is 0 Å². The lowest BCUT2D eigenvalue weighted by molar-refractivity contribution is -0.141. The minimum atomic E-state index is -0.311. The van der Waals surface area contributed by atoms with Crippen molar-refractivity contribution in [2.45, 2.75) is 38.1 Å². The van der Waals surface area contributed by atoms with Gasteiger partial charge in [-0.3, -0.25) is 9.59 Å². The highest BCUT2D eigenvalue weighted by atomic mass is 32.2. The number of anilines is 1. The molecule has 1 saturated carbocycles. The molecule has 1 aromatic carbocycles. The average molecular weight is 347 g/mol. The van der Waals surface area contributed by atoms with Gasteiger partial charge in [-0.25, -0.2) is 0 Å². The molecule has 0 spiro atoms. The summed E-state index contributed by atoms with van der Waals surface area (Å²) in [6.07, 6.45) is 4.99. The van der Waals surface area contributed by atoms with Crippen LogP contribution >= 0.6 is 11.8 Å². The van der Waals surface area contributed by atoms with E-state index in [1.807, 2.05) is 24.3 Å². The largest absolute Gasteiger partial charge is 0.399 e. The summed E-state index contributed by atoms with van der Waals surface area (Å²) in [5.41, 5.74) is 7.56. The number of nitrogens with one attached hydrogen (secondary N) is 1. The fourth-order valence-corrected chi connectivity index (χ4v) is 4.58. The molecule has 1 atom stereocenters. The fraction of sp³-hybridized carbons (Fsp3) is 0.556. The highest BCUT2D eigenvalue weighted by Gasteiger charge is 2.38. The van der Waals surface area contributed by atoms with E-state index in [0.29, 0.717) is 18.2 Å². The maximum absolute atomic E-state index is 12.6. The first-order valence-corrected chi connectivity index (χ1v) is 9.81. The molecule has 5 nitrogen and oxygen atoms in total. The van der Waals surface area contributed by atoms with Gasteiger partial charge in [-0.05, 0) is 37.0 Å². The number of nitrogens with two attached hydrogens (primary N) is 1. The molecule has 1 aliphatic heterocycles. The van der Waals surface area contributed by atoms with Crippen molar-refractivity contribution < 1.29 is 9.59 Å². The van der Waals surface area contributed by atoms with Crippen molar-refractivity contribution in [3.8, 4) is 0 Å². The summed E-state index contributed by atoms with van der Waals surface area (Å²) in [7, 11) is 0. The number of nitrogens with zero attached hydrogens (tertiary/aromatic N) is 1. The molecule has 1 heterocycles.